The number of anilines is 1. The van der Waals surface area contributed by atoms with Gasteiger partial charge in [-0.25, -0.2) is 8.42 Å². The molecule has 0 saturated heterocycles. The van der Waals surface area contributed by atoms with Crippen LogP contribution in [0, 0.1) is 0 Å². The van der Waals surface area contributed by atoms with Crippen molar-refractivity contribution >= 4 is 21.6 Å². The fraction of sp³-hybridized carbons (Fsp3) is 0.150. The molecule has 1 N–H and O–H groups in total. The molecule has 0 aliphatic rings. The molecule has 0 spiro atoms. The minimum absolute atomic E-state index is 0.0996. The van der Waals surface area contributed by atoms with Gasteiger partial charge in [0.2, 0.25) is 10.0 Å². The number of rotatable bonds is 7. The van der Waals surface area contributed by atoms with Crippen LogP contribution in [-0.2, 0) is 16.6 Å². The molecule has 0 bridgehead atoms. The molecule has 2 aromatic carbocycles. The highest BCUT2D eigenvalue weighted by Gasteiger charge is 2.22. The second kappa shape index (κ2) is 8.28. The molecule has 1 aromatic heterocycles. The first-order valence-corrected chi connectivity index (χ1v) is 9.88. The Morgan fingerprint density at radius 3 is 2.32 bits per heavy atom. The summed E-state index contributed by atoms with van der Waals surface area (Å²) in [6.45, 7) is 0.120. The summed E-state index contributed by atoms with van der Waals surface area (Å²) in [4.78, 5) is 12.5. The van der Waals surface area contributed by atoms with Crippen LogP contribution < -0.4 is 10.1 Å². The number of hydrogen-bond donors (Lipinski definition) is 1. The van der Waals surface area contributed by atoms with E-state index in [1.54, 1.807) is 43.5 Å². The van der Waals surface area contributed by atoms with Crippen LogP contribution in [0.4, 0.5) is 5.69 Å². The lowest BCUT2D eigenvalue weighted by Gasteiger charge is -2.16. The number of carbonyl (C=O) groups excluding carboxylic acids is 1. The molecular weight excluding hydrogens is 380 g/mol. The van der Waals surface area contributed by atoms with Crippen LogP contribution in [0.25, 0.3) is 0 Å². The van der Waals surface area contributed by atoms with Crippen molar-refractivity contribution in [1.29, 1.82) is 0 Å². The number of furan rings is 1. The summed E-state index contributed by atoms with van der Waals surface area (Å²) in [7, 11) is -0.657. The molecule has 1 amide bonds. The molecular formula is C20H20N2O5S. The first-order chi connectivity index (χ1) is 13.4. The predicted molar refractivity (Wildman–Crippen MR) is 105 cm³/mol. The Bertz CT molecular complexity index is 1030. The third-order valence-corrected chi connectivity index (χ3v) is 5.95. The highest BCUT2D eigenvalue weighted by molar-refractivity contribution is 7.89. The van der Waals surface area contributed by atoms with E-state index in [-0.39, 0.29) is 17.3 Å². The number of ether oxygens (including phenoxy) is 1. The van der Waals surface area contributed by atoms with Crippen LogP contribution in [0.2, 0.25) is 0 Å². The van der Waals surface area contributed by atoms with Crippen molar-refractivity contribution in [2.75, 3.05) is 19.5 Å². The Morgan fingerprint density at radius 1 is 1.07 bits per heavy atom. The molecule has 0 aliphatic carbocycles. The van der Waals surface area contributed by atoms with Gasteiger partial charge in [-0.2, -0.15) is 4.31 Å². The molecule has 0 fully saturated rings. The predicted octanol–water partition coefficient (Wildman–Crippen LogP) is 3.36. The molecule has 3 aromatic rings. The highest BCUT2D eigenvalue weighted by atomic mass is 32.2. The number of benzene rings is 2. The number of sulfonamides is 1. The van der Waals surface area contributed by atoms with Gasteiger partial charge in [-0.3, -0.25) is 4.79 Å². The number of nitrogens with zero attached hydrogens (tertiary/aromatic N) is 1. The standard InChI is InChI=1S/C20H20N2O5S/c1-22(14-18-4-3-13-27-18)28(24,25)19-11-5-15(6-12-19)20(23)21-16-7-9-17(26-2)10-8-16/h3-13H,14H2,1-2H3,(H,21,23). The van der Waals surface area contributed by atoms with E-state index in [9.17, 15) is 13.2 Å². The van der Waals surface area contributed by atoms with Gasteiger partial charge in [0.15, 0.2) is 0 Å². The first-order valence-electron chi connectivity index (χ1n) is 8.44. The van der Waals surface area contributed by atoms with Crippen molar-refractivity contribution in [3.05, 3.63) is 78.3 Å². The zero-order chi connectivity index (χ0) is 20.1. The fourth-order valence-corrected chi connectivity index (χ4v) is 3.68. The fourth-order valence-electron chi connectivity index (χ4n) is 2.54. The van der Waals surface area contributed by atoms with Crippen LogP contribution in [0.3, 0.4) is 0 Å². The summed E-state index contributed by atoms with van der Waals surface area (Å²) in [5, 5.41) is 2.75. The SMILES string of the molecule is COc1ccc(NC(=O)c2ccc(S(=O)(=O)N(C)Cc3ccco3)cc2)cc1. The van der Waals surface area contributed by atoms with Gasteiger partial charge < -0.3 is 14.5 Å². The second-order valence-corrected chi connectivity index (χ2v) is 8.09. The summed E-state index contributed by atoms with van der Waals surface area (Å²) in [5.74, 6) is 0.894. The largest absolute Gasteiger partial charge is 0.497 e. The molecule has 0 atom stereocenters. The maximum Gasteiger partial charge on any atom is 0.255 e. The van der Waals surface area contributed by atoms with E-state index < -0.39 is 10.0 Å². The quantitative estimate of drug-likeness (QED) is 0.657. The van der Waals surface area contributed by atoms with E-state index in [1.807, 2.05) is 0 Å². The Morgan fingerprint density at radius 2 is 1.75 bits per heavy atom. The van der Waals surface area contributed by atoms with Crippen LogP contribution >= 0.6 is 0 Å². The highest BCUT2D eigenvalue weighted by Crippen LogP contribution is 2.19. The molecule has 146 valence electrons. The molecule has 0 radical (unpaired) electrons. The molecule has 8 heteroatoms. The Balaban J connectivity index is 1.70. The van der Waals surface area contributed by atoms with E-state index >= 15 is 0 Å². The van der Waals surface area contributed by atoms with Crippen molar-refractivity contribution in [2.45, 2.75) is 11.4 Å². The van der Waals surface area contributed by atoms with Crippen molar-refractivity contribution < 1.29 is 22.4 Å². The number of hydrogen-bond acceptors (Lipinski definition) is 5. The molecule has 28 heavy (non-hydrogen) atoms. The van der Waals surface area contributed by atoms with Gasteiger partial charge >= 0.3 is 0 Å². The number of methoxy groups -OCH3 is 1. The molecule has 0 aliphatic heterocycles. The second-order valence-electron chi connectivity index (χ2n) is 6.05. The van der Waals surface area contributed by atoms with E-state index in [1.165, 1.54) is 41.9 Å². The van der Waals surface area contributed by atoms with Crippen molar-refractivity contribution in [2.24, 2.45) is 0 Å². The van der Waals surface area contributed by atoms with E-state index in [4.69, 9.17) is 9.15 Å². The van der Waals surface area contributed by atoms with Gasteiger partial charge in [0.05, 0.1) is 24.8 Å². The van der Waals surface area contributed by atoms with Crippen molar-refractivity contribution in [1.82, 2.24) is 4.31 Å². The summed E-state index contributed by atoms with van der Waals surface area (Å²) in [6, 6.07) is 16.1. The lowest BCUT2D eigenvalue weighted by atomic mass is 10.2. The minimum atomic E-state index is -3.70. The van der Waals surface area contributed by atoms with E-state index in [0.717, 1.165) is 0 Å². The van der Waals surface area contributed by atoms with Gasteiger partial charge in [0, 0.05) is 18.3 Å². The normalized spacial score (nSPS) is 11.4. The summed E-state index contributed by atoms with van der Waals surface area (Å²) >= 11 is 0. The Labute approximate surface area is 163 Å². The van der Waals surface area contributed by atoms with Gasteiger partial charge in [-0.1, -0.05) is 0 Å². The summed E-state index contributed by atoms with van der Waals surface area (Å²) < 4.78 is 36.8. The molecule has 1 heterocycles. The zero-order valence-electron chi connectivity index (χ0n) is 15.5. The lowest BCUT2D eigenvalue weighted by molar-refractivity contribution is 0.102. The van der Waals surface area contributed by atoms with E-state index in [0.29, 0.717) is 22.8 Å². The molecule has 7 nitrogen and oxygen atoms in total. The van der Waals surface area contributed by atoms with Crippen molar-refractivity contribution in [3.8, 4) is 5.75 Å². The van der Waals surface area contributed by atoms with Gasteiger partial charge in [0.25, 0.3) is 5.91 Å². The van der Waals surface area contributed by atoms with Crippen LogP contribution in [0.1, 0.15) is 16.1 Å². The average molecular weight is 400 g/mol. The van der Waals surface area contributed by atoms with Crippen molar-refractivity contribution in [3.63, 3.8) is 0 Å². The third kappa shape index (κ3) is 4.41. The maximum absolute atomic E-state index is 12.7. The number of amides is 1. The minimum Gasteiger partial charge on any atom is -0.497 e. The molecule has 3 rings (SSSR count). The summed E-state index contributed by atoms with van der Waals surface area (Å²) in [5.41, 5.74) is 0.962. The van der Waals surface area contributed by atoms with E-state index in [2.05, 4.69) is 5.32 Å². The lowest BCUT2D eigenvalue weighted by Crippen LogP contribution is -2.26. The Kier molecular flexibility index (Phi) is 5.81. The van der Waals surface area contributed by atoms with Crippen LogP contribution in [0.5, 0.6) is 5.75 Å². The molecule has 0 unspecified atom stereocenters. The molecule has 0 saturated carbocycles. The van der Waals surface area contributed by atoms with Crippen LogP contribution in [-0.4, -0.2) is 32.8 Å². The van der Waals surface area contributed by atoms with Gasteiger partial charge in [-0.05, 0) is 60.7 Å². The average Bonchev–Trinajstić information content (AvgIpc) is 3.21. The summed E-state index contributed by atoms with van der Waals surface area (Å²) in [6.07, 6.45) is 1.49. The first kappa shape index (κ1) is 19.7. The number of carbonyl (C=O) groups is 1. The topological polar surface area (TPSA) is 88.8 Å². The Hall–Kier alpha value is -3.10. The van der Waals surface area contributed by atoms with Crippen LogP contribution in [0.15, 0.2) is 76.2 Å². The van der Waals surface area contributed by atoms with Gasteiger partial charge in [-0.15, -0.1) is 0 Å². The zero-order valence-corrected chi connectivity index (χ0v) is 16.3. The monoisotopic (exact) mass is 400 g/mol. The van der Waals surface area contributed by atoms with Gasteiger partial charge in [0.1, 0.15) is 11.5 Å². The third-order valence-electron chi connectivity index (χ3n) is 4.13. The maximum atomic E-state index is 12.7. The smallest absolute Gasteiger partial charge is 0.255 e. The number of nitrogens with one attached hydrogen (secondary N) is 1.